The zero-order valence-electron chi connectivity index (χ0n) is 17.5. The molecule has 0 aliphatic carbocycles. The number of aliphatic carboxylic acids is 3. The summed E-state index contributed by atoms with van der Waals surface area (Å²) in [5.74, 6) is -8.84. The monoisotopic (exact) mass is 477 g/mol. The standard InChI is InChI=1S/C17H27N5O11/c1-6(23)13(16(31)21-9(17(32)33)5-10(19)24)22-15(30)8(2-3-11(25)26)20-14(29)7(18)4-12(27)28/h6-9,13,23H,2-5,18H2,1H3,(H2,19,24)(H,20,29)(H,21,31)(H,22,30)(H,25,26)(H,27,28)(H,32,33). The van der Waals surface area contributed by atoms with Crippen LogP contribution in [0.1, 0.15) is 32.6 Å². The number of carbonyl (C=O) groups is 7. The lowest BCUT2D eigenvalue weighted by Crippen LogP contribution is -2.60. The topological polar surface area (TPSA) is 289 Å². The number of nitrogens with one attached hydrogen (secondary N) is 3. The molecule has 16 nitrogen and oxygen atoms in total. The molecule has 4 amide bonds. The van der Waals surface area contributed by atoms with Crippen molar-refractivity contribution in [1.29, 1.82) is 0 Å². The maximum Gasteiger partial charge on any atom is 0.326 e. The van der Waals surface area contributed by atoms with E-state index in [2.05, 4.69) is 5.32 Å². The second-order valence-corrected chi connectivity index (χ2v) is 6.99. The molecule has 0 aromatic rings. The Kier molecular flexibility index (Phi) is 12.0. The van der Waals surface area contributed by atoms with E-state index in [1.165, 1.54) is 0 Å². The quantitative estimate of drug-likeness (QED) is 0.108. The van der Waals surface area contributed by atoms with Gasteiger partial charge in [-0.05, 0) is 13.3 Å². The molecule has 0 aliphatic rings. The normalized spacial score (nSPS) is 15.1. The maximum atomic E-state index is 12.6. The number of carboxylic acid groups (broad SMARTS) is 3. The fourth-order valence-electron chi connectivity index (χ4n) is 2.42. The van der Waals surface area contributed by atoms with Crippen LogP contribution in [0.15, 0.2) is 0 Å². The molecular weight excluding hydrogens is 450 g/mol. The van der Waals surface area contributed by atoms with Crippen LogP contribution < -0.4 is 27.4 Å². The van der Waals surface area contributed by atoms with Gasteiger partial charge in [0, 0.05) is 6.42 Å². The summed E-state index contributed by atoms with van der Waals surface area (Å²) < 4.78 is 0. The van der Waals surface area contributed by atoms with Gasteiger partial charge in [0.25, 0.3) is 0 Å². The van der Waals surface area contributed by atoms with Crippen molar-refractivity contribution in [3.8, 4) is 0 Å². The minimum absolute atomic E-state index is 0.486. The summed E-state index contributed by atoms with van der Waals surface area (Å²) >= 11 is 0. The largest absolute Gasteiger partial charge is 0.481 e. The van der Waals surface area contributed by atoms with Crippen LogP contribution >= 0.6 is 0 Å². The number of amides is 4. The first-order valence-corrected chi connectivity index (χ1v) is 9.45. The van der Waals surface area contributed by atoms with E-state index in [9.17, 15) is 38.7 Å². The van der Waals surface area contributed by atoms with E-state index >= 15 is 0 Å². The SMILES string of the molecule is CC(O)C(NC(=O)C(CCC(=O)O)NC(=O)C(N)CC(=O)O)C(=O)NC(CC(N)=O)C(=O)O. The lowest BCUT2D eigenvalue weighted by atomic mass is 10.1. The molecule has 11 N–H and O–H groups in total. The van der Waals surface area contributed by atoms with E-state index in [0.29, 0.717) is 0 Å². The van der Waals surface area contributed by atoms with Gasteiger partial charge in [0.15, 0.2) is 0 Å². The predicted molar refractivity (Wildman–Crippen MR) is 106 cm³/mol. The lowest BCUT2D eigenvalue weighted by molar-refractivity contribution is -0.144. The molecule has 0 saturated heterocycles. The van der Waals surface area contributed by atoms with Gasteiger partial charge < -0.3 is 47.8 Å². The van der Waals surface area contributed by atoms with Gasteiger partial charge in [-0.15, -0.1) is 0 Å². The summed E-state index contributed by atoms with van der Waals surface area (Å²) in [5, 5.41) is 42.5. The number of primary amides is 1. The minimum atomic E-state index is -1.77. The molecule has 0 aromatic carbocycles. The van der Waals surface area contributed by atoms with E-state index in [-0.39, 0.29) is 0 Å². The Morgan fingerprint density at radius 2 is 1.33 bits per heavy atom. The van der Waals surface area contributed by atoms with Gasteiger partial charge in [-0.25, -0.2) is 4.79 Å². The molecule has 0 spiro atoms. The van der Waals surface area contributed by atoms with Gasteiger partial charge in [-0.3, -0.25) is 28.8 Å². The number of hydrogen-bond acceptors (Lipinski definition) is 9. The molecule has 5 atom stereocenters. The highest BCUT2D eigenvalue weighted by atomic mass is 16.4. The Bertz CT molecular complexity index is 785. The van der Waals surface area contributed by atoms with Crippen LogP contribution in [0.5, 0.6) is 0 Å². The third-order valence-electron chi connectivity index (χ3n) is 4.09. The first kappa shape index (κ1) is 29.2. The van der Waals surface area contributed by atoms with Gasteiger partial charge in [-0.1, -0.05) is 0 Å². The Labute approximate surface area is 186 Å². The van der Waals surface area contributed by atoms with Gasteiger partial charge >= 0.3 is 17.9 Å². The highest BCUT2D eigenvalue weighted by Gasteiger charge is 2.33. The average Bonchev–Trinajstić information content (AvgIpc) is 2.66. The first-order valence-electron chi connectivity index (χ1n) is 9.45. The number of carboxylic acids is 3. The maximum absolute atomic E-state index is 12.6. The summed E-state index contributed by atoms with van der Waals surface area (Å²) in [6.45, 7) is 1.07. The highest BCUT2D eigenvalue weighted by molar-refractivity contribution is 5.95. The van der Waals surface area contributed by atoms with Crippen LogP contribution in [0.4, 0.5) is 0 Å². The van der Waals surface area contributed by atoms with E-state index in [0.717, 1.165) is 6.92 Å². The van der Waals surface area contributed by atoms with E-state index in [1.54, 1.807) is 0 Å². The van der Waals surface area contributed by atoms with Crippen LogP contribution in [-0.4, -0.2) is 92.2 Å². The number of hydrogen-bond donors (Lipinski definition) is 9. The summed E-state index contributed by atoms with van der Waals surface area (Å²) in [5.41, 5.74) is 10.3. The fraction of sp³-hybridized carbons (Fsp3) is 0.588. The summed E-state index contributed by atoms with van der Waals surface area (Å²) in [7, 11) is 0. The Morgan fingerprint density at radius 1 is 0.788 bits per heavy atom. The molecule has 0 heterocycles. The van der Waals surface area contributed by atoms with Crippen molar-refractivity contribution in [2.75, 3.05) is 0 Å². The number of aliphatic hydroxyl groups excluding tert-OH is 1. The van der Waals surface area contributed by atoms with Gasteiger partial charge in [0.2, 0.25) is 23.6 Å². The highest BCUT2D eigenvalue weighted by Crippen LogP contribution is 2.04. The van der Waals surface area contributed by atoms with Crippen LogP contribution in [0.25, 0.3) is 0 Å². The van der Waals surface area contributed by atoms with Gasteiger partial charge in [0.1, 0.15) is 18.1 Å². The Morgan fingerprint density at radius 3 is 1.76 bits per heavy atom. The van der Waals surface area contributed by atoms with Crippen molar-refractivity contribution in [1.82, 2.24) is 16.0 Å². The van der Waals surface area contributed by atoms with E-state index in [4.69, 9.17) is 26.8 Å². The zero-order chi connectivity index (χ0) is 25.9. The van der Waals surface area contributed by atoms with Crippen LogP contribution in [0.2, 0.25) is 0 Å². The van der Waals surface area contributed by atoms with Crippen molar-refractivity contribution in [3.05, 3.63) is 0 Å². The second kappa shape index (κ2) is 13.6. The van der Waals surface area contributed by atoms with Crippen molar-refractivity contribution in [2.45, 2.75) is 62.9 Å². The minimum Gasteiger partial charge on any atom is -0.481 e. The van der Waals surface area contributed by atoms with Gasteiger partial charge in [0.05, 0.1) is 25.0 Å². The molecule has 0 saturated carbocycles. The number of nitrogens with two attached hydrogens (primary N) is 2. The number of aliphatic hydroxyl groups is 1. The molecule has 5 unspecified atom stereocenters. The van der Waals surface area contributed by atoms with Crippen molar-refractivity contribution >= 4 is 41.5 Å². The van der Waals surface area contributed by atoms with Crippen LogP contribution in [0, 0.1) is 0 Å². The molecule has 0 radical (unpaired) electrons. The van der Waals surface area contributed by atoms with Crippen molar-refractivity contribution < 1.29 is 54.0 Å². The van der Waals surface area contributed by atoms with Gasteiger partial charge in [-0.2, -0.15) is 0 Å². The summed E-state index contributed by atoms with van der Waals surface area (Å²) in [6, 6.07) is -6.69. The molecule has 0 aromatic heterocycles. The molecule has 0 aliphatic heterocycles. The predicted octanol–water partition coefficient (Wildman–Crippen LogP) is -4.55. The number of carbonyl (C=O) groups excluding carboxylic acids is 4. The third-order valence-corrected chi connectivity index (χ3v) is 4.09. The smallest absolute Gasteiger partial charge is 0.326 e. The molecule has 16 heteroatoms. The molecule has 33 heavy (non-hydrogen) atoms. The second-order valence-electron chi connectivity index (χ2n) is 6.99. The lowest BCUT2D eigenvalue weighted by Gasteiger charge is -2.26. The molecule has 0 fully saturated rings. The van der Waals surface area contributed by atoms with Crippen LogP contribution in [0.3, 0.4) is 0 Å². The number of rotatable bonds is 15. The summed E-state index contributed by atoms with van der Waals surface area (Å²) in [4.78, 5) is 80.7. The average molecular weight is 477 g/mol. The third kappa shape index (κ3) is 11.4. The molecule has 0 bridgehead atoms. The van der Waals surface area contributed by atoms with Crippen molar-refractivity contribution in [2.24, 2.45) is 11.5 Å². The molecule has 0 rings (SSSR count). The van der Waals surface area contributed by atoms with E-state index < -0.39 is 97.5 Å². The Hall–Kier alpha value is -3.79. The molecule has 186 valence electrons. The molecular formula is C17H27N5O11. The van der Waals surface area contributed by atoms with E-state index in [1.807, 2.05) is 10.6 Å². The zero-order valence-corrected chi connectivity index (χ0v) is 17.5. The fourth-order valence-corrected chi connectivity index (χ4v) is 2.42. The first-order chi connectivity index (χ1) is 15.1. The Balaban J connectivity index is 5.52. The van der Waals surface area contributed by atoms with Crippen LogP contribution in [-0.2, 0) is 33.6 Å². The summed E-state index contributed by atoms with van der Waals surface area (Å²) in [6.07, 6.45) is -4.26. The van der Waals surface area contributed by atoms with Crippen molar-refractivity contribution in [3.63, 3.8) is 0 Å².